The molecule has 3 aromatic rings. The van der Waals surface area contributed by atoms with Crippen LogP contribution in [0.5, 0.6) is 0 Å². The van der Waals surface area contributed by atoms with E-state index in [0.717, 1.165) is 37.5 Å². The van der Waals surface area contributed by atoms with Crippen molar-refractivity contribution < 1.29 is 22.7 Å². The van der Waals surface area contributed by atoms with Crippen molar-refractivity contribution >= 4 is 15.7 Å². The molecule has 1 saturated carbocycles. The zero-order chi connectivity index (χ0) is 24.3. The fourth-order valence-corrected chi connectivity index (χ4v) is 5.13. The molecule has 0 atom stereocenters. The van der Waals surface area contributed by atoms with Gasteiger partial charge in [0.2, 0.25) is 15.0 Å². The van der Waals surface area contributed by atoms with Crippen LogP contribution in [0, 0.1) is 5.82 Å². The standard InChI is InChI=1S/C24H29FN4O4S/c1-33-14-13-29-23(17-11-12-26-21(15-17)27-19-7-9-20(30)10-8-19)22(28-24(29)34(2,31)32)16-3-5-18(25)6-4-16/h3-6,11-12,15,19-20,30H,7-10,13-14H2,1-2H3,(H,26,27). The number of benzene rings is 1. The maximum absolute atomic E-state index is 13.6. The molecule has 8 nitrogen and oxygen atoms in total. The molecular weight excluding hydrogens is 459 g/mol. The molecule has 0 radical (unpaired) electrons. The van der Waals surface area contributed by atoms with Crippen LogP contribution in [-0.2, 0) is 21.1 Å². The maximum atomic E-state index is 13.6. The summed E-state index contributed by atoms with van der Waals surface area (Å²) in [5.74, 6) is 0.268. The van der Waals surface area contributed by atoms with Gasteiger partial charge in [-0.1, -0.05) is 0 Å². The minimum absolute atomic E-state index is 0.0773. The second-order valence-corrected chi connectivity index (χ2v) is 10.5. The number of halogens is 1. The van der Waals surface area contributed by atoms with Gasteiger partial charge >= 0.3 is 0 Å². The Morgan fingerprint density at radius 2 is 1.85 bits per heavy atom. The van der Waals surface area contributed by atoms with E-state index in [1.165, 1.54) is 12.1 Å². The van der Waals surface area contributed by atoms with Crippen LogP contribution in [0.1, 0.15) is 25.7 Å². The summed E-state index contributed by atoms with van der Waals surface area (Å²) in [7, 11) is -2.11. The van der Waals surface area contributed by atoms with Gasteiger partial charge in [0.05, 0.1) is 24.1 Å². The van der Waals surface area contributed by atoms with Crippen LogP contribution in [0.15, 0.2) is 47.8 Å². The largest absolute Gasteiger partial charge is 0.393 e. The normalized spacial score (nSPS) is 18.7. The van der Waals surface area contributed by atoms with Gasteiger partial charge in [-0.25, -0.2) is 22.8 Å². The van der Waals surface area contributed by atoms with Gasteiger partial charge in [-0.3, -0.25) is 0 Å². The molecule has 0 spiro atoms. The highest BCUT2D eigenvalue weighted by atomic mass is 32.2. The third kappa shape index (κ3) is 5.45. The van der Waals surface area contributed by atoms with Crippen molar-refractivity contribution in [1.29, 1.82) is 0 Å². The Morgan fingerprint density at radius 1 is 1.15 bits per heavy atom. The Morgan fingerprint density at radius 3 is 2.50 bits per heavy atom. The van der Waals surface area contributed by atoms with Crippen LogP contribution >= 0.6 is 0 Å². The number of sulfone groups is 1. The van der Waals surface area contributed by atoms with Crippen LogP contribution in [-0.4, -0.2) is 60.2 Å². The van der Waals surface area contributed by atoms with E-state index >= 15 is 0 Å². The van der Waals surface area contributed by atoms with Gasteiger partial charge in [0.25, 0.3) is 0 Å². The predicted molar refractivity (Wildman–Crippen MR) is 128 cm³/mol. The lowest BCUT2D eigenvalue weighted by atomic mass is 9.93. The summed E-state index contributed by atoms with van der Waals surface area (Å²) in [6.45, 7) is 0.559. The van der Waals surface area contributed by atoms with Crippen molar-refractivity contribution in [2.24, 2.45) is 0 Å². The number of aliphatic hydroxyl groups excluding tert-OH is 1. The fourth-order valence-electron chi connectivity index (χ4n) is 4.29. The molecule has 4 rings (SSSR count). The monoisotopic (exact) mass is 488 g/mol. The van der Waals surface area contributed by atoms with E-state index in [0.29, 0.717) is 22.8 Å². The summed E-state index contributed by atoms with van der Waals surface area (Å²) in [5.41, 5.74) is 2.36. The summed E-state index contributed by atoms with van der Waals surface area (Å²) < 4.78 is 45.7. The number of hydrogen-bond acceptors (Lipinski definition) is 7. The fraction of sp³-hybridized carbons (Fsp3) is 0.417. The molecule has 0 saturated heterocycles. The Kier molecular flexibility index (Phi) is 7.30. The zero-order valence-electron chi connectivity index (χ0n) is 19.2. The maximum Gasteiger partial charge on any atom is 0.228 e. The molecule has 1 aromatic carbocycles. The Labute approximate surface area is 198 Å². The molecule has 1 aliphatic rings. The SMILES string of the molecule is COCCn1c(S(C)(=O)=O)nc(-c2ccc(F)cc2)c1-c1ccnc(NC2CCC(O)CC2)c1. The molecule has 2 aromatic heterocycles. The first-order valence-electron chi connectivity index (χ1n) is 11.2. The number of imidazole rings is 1. The van der Waals surface area contributed by atoms with Crippen LogP contribution in [0.4, 0.5) is 10.2 Å². The average molecular weight is 489 g/mol. The molecule has 182 valence electrons. The molecule has 0 aliphatic heterocycles. The van der Waals surface area contributed by atoms with Crippen LogP contribution < -0.4 is 5.32 Å². The third-order valence-electron chi connectivity index (χ3n) is 5.98. The minimum atomic E-state index is -3.66. The number of rotatable bonds is 8. The number of aromatic nitrogens is 3. The van der Waals surface area contributed by atoms with Gasteiger partial charge in [-0.05, 0) is 62.1 Å². The molecule has 10 heteroatoms. The summed E-state index contributed by atoms with van der Waals surface area (Å²) in [5, 5.41) is 13.1. The predicted octanol–water partition coefficient (Wildman–Crippen LogP) is 3.52. The quantitative estimate of drug-likeness (QED) is 0.500. The van der Waals surface area contributed by atoms with Crippen molar-refractivity contribution in [3.8, 4) is 22.5 Å². The van der Waals surface area contributed by atoms with E-state index in [-0.39, 0.29) is 36.3 Å². The number of pyridine rings is 1. The zero-order valence-corrected chi connectivity index (χ0v) is 20.1. The molecule has 1 fully saturated rings. The number of hydrogen-bond donors (Lipinski definition) is 2. The Balaban J connectivity index is 1.82. The summed E-state index contributed by atoms with van der Waals surface area (Å²) in [6, 6.07) is 9.69. The van der Waals surface area contributed by atoms with Crippen molar-refractivity contribution in [2.75, 3.05) is 25.3 Å². The average Bonchev–Trinajstić information content (AvgIpc) is 3.20. The van der Waals surface area contributed by atoms with E-state index in [2.05, 4.69) is 15.3 Å². The topological polar surface area (TPSA) is 106 Å². The van der Waals surface area contributed by atoms with Gasteiger partial charge in [0.1, 0.15) is 11.6 Å². The second kappa shape index (κ2) is 10.2. The van der Waals surface area contributed by atoms with Gasteiger partial charge < -0.3 is 19.7 Å². The van der Waals surface area contributed by atoms with Gasteiger partial charge in [-0.2, -0.15) is 0 Å². The van der Waals surface area contributed by atoms with E-state index in [1.807, 2.05) is 6.07 Å². The lowest BCUT2D eigenvalue weighted by molar-refractivity contribution is 0.126. The first-order valence-corrected chi connectivity index (χ1v) is 13.1. The first kappa shape index (κ1) is 24.3. The number of nitrogens with zero attached hydrogens (tertiary/aromatic N) is 3. The Hall–Kier alpha value is -2.82. The lowest BCUT2D eigenvalue weighted by Gasteiger charge is -2.26. The number of nitrogens with one attached hydrogen (secondary N) is 1. The minimum Gasteiger partial charge on any atom is -0.393 e. The van der Waals surface area contributed by atoms with E-state index in [9.17, 15) is 17.9 Å². The highest BCUT2D eigenvalue weighted by Crippen LogP contribution is 2.35. The highest BCUT2D eigenvalue weighted by molar-refractivity contribution is 7.90. The second-order valence-electron chi connectivity index (χ2n) is 8.59. The molecule has 1 aliphatic carbocycles. The first-order chi connectivity index (χ1) is 16.3. The number of methoxy groups -OCH3 is 1. The van der Waals surface area contributed by atoms with Crippen LogP contribution in [0.3, 0.4) is 0 Å². The van der Waals surface area contributed by atoms with Crippen LogP contribution in [0.2, 0.25) is 0 Å². The molecular formula is C24H29FN4O4S. The van der Waals surface area contributed by atoms with Crippen molar-refractivity contribution in [3.63, 3.8) is 0 Å². The summed E-state index contributed by atoms with van der Waals surface area (Å²) in [4.78, 5) is 8.94. The number of anilines is 1. The molecule has 34 heavy (non-hydrogen) atoms. The molecule has 2 N–H and O–H groups in total. The van der Waals surface area contributed by atoms with Crippen LogP contribution in [0.25, 0.3) is 22.5 Å². The highest BCUT2D eigenvalue weighted by Gasteiger charge is 2.26. The van der Waals surface area contributed by atoms with Crippen molar-refractivity contribution in [3.05, 3.63) is 48.4 Å². The summed E-state index contributed by atoms with van der Waals surface area (Å²) in [6.07, 6.45) is 5.71. The van der Waals surface area contributed by atoms with Crippen molar-refractivity contribution in [1.82, 2.24) is 14.5 Å². The van der Waals surface area contributed by atoms with Gasteiger partial charge in [-0.15, -0.1) is 0 Å². The number of aliphatic hydroxyl groups is 1. The molecule has 0 unspecified atom stereocenters. The van der Waals surface area contributed by atoms with Gasteiger partial charge in [0.15, 0.2) is 0 Å². The molecule has 0 bridgehead atoms. The Bertz CT molecular complexity index is 1240. The molecule has 2 heterocycles. The third-order valence-corrected chi connectivity index (χ3v) is 6.96. The smallest absolute Gasteiger partial charge is 0.228 e. The number of ether oxygens (including phenoxy) is 1. The van der Waals surface area contributed by atoms with Crippen molar-refractivity contribution in [2.45, 2.75) is 49.5 Å². The van der Waals surface area contributed by atoms with E-state index in [1.54, 1.807) is 36.1 Å². The summed E-state index contributed by atoms with van der Waals surface area (Å²) >= 11 is 0. The molecule has 0 amide bonds. The lowest BCUT2D eigenvalue weighted by Crippen LogP contribution is -2.28. The van der Waals surface area contributed by atoms with E-state index in [4.69, 9.17) is 4.74 Å². The van der Waals surface area contributed by atoms with Gasteiger partial charge in [0, 0.05) is 43.3 Å². The van der Waals surface area contributed by atoms with E-state index < -0.39 is 9.84 Å².